The summed E-state index contributed by atoms with van der Waals surface area (Å²) < 4.78 is 37.6. The standard InChI is InChI=1S/C42H44F2N8O5/c1-42(2,3)57-41(56)49(4)19-18-45-22-26-8-10-27(11-9-26)28-6-5-7-33(20-28)51-37-34(21-30(44)23-46-37)39(54)52(40(51)55)32-15-13-31(14-16-32)47-38(53)35-25-50-24-29(43)12-17-36(50)48-35/h5-12,17,20-21,23-25,31-32,45H,13-16,18-19,22H2,1-4H3,(H,47,53)/t31-,32+. The molecule has 1 aliphatic rings. The lowest BCUT2D eigenvalue weighted by Crippen LogP contribution is -2.45. The summed E-state index contributed by atoms with van der Waals surface area (Å²) in [5, 5.41) is 6.30. The first kappa shape index (κ1) is 39.0. The van der Waals surface area contributed by atoms with Gasteiger partial charge in [0, 0.05) is 51.2 Å². The van der Waals surface area contributed by atoms with Crippen LogP contribution in [0.25, 0.3) is 33.5 Å². The van der Waals surface area contributed by atoms with E-state index in [2.05, 4.69) is 20.6 Å². The van der Waals surface area contributed by atoms with E-state index in [0.717, 1.165) is 29.0 Å². The molecule has 0 aliphatic heterocycles. The zero-order valence-corrected chi connectivity index (χ0v) is 32.2. The van der Waals surface area contributed by atoms with Crippen molar-refractivity contribution in [2.24, 2.45) is 0 Å². The second-order valence-electron chi connectivity index (χ2n) is 15.4. The number of hydrogen-bond acceptors (Lipinski definition) is 8. The van der Waals surface area contributed by atoms with Crippen molar-refractivity contribution < 1.29 is 23.1 Å². The Morgan fingerprint density at radius 2 is 1.68 bits per heavy atom. The smallest absolute Gasteiger partial charge is 0.410 e. The number of hydrogen-bond donors (Lipinski definition) is 2. The minimum atomic E-state index is -0.698. The number of nitrogens with one attached hydrogen (secondary N) is 2. The molecule has 1 saturated carbocycles. The summed E-state index contributed by atoms with van der Waals surface area (Å²) in [4.78, 5) is 63.5. The van der Waals surface area contributed by atoms with Gasteiger partial charge in [-0.05, 0) is 93.5 Å². The molecule has 0 spiro atoms. The molecule has 2 aromatic carbocycles. The highest BCUT2D eigenvalue weighted by molar-refractivity contribution is 5.93. The Balaban J connectivity index is 1.06. The lowest BCUT2D eigenvalue weighted by atomic mass is 9.90. The van der Waals surface area contributed by atoms with Gasteiger partial charge in [0.05, 0.1) is 17.3 Å². The highest BCUT2D eigenvalue weighted by Gasteiger charge is 2.29. The Morgan fingerprint density at radius 1 is 0.930 bits per heavy atom. The number of carbonyl (C=O) groups excluding carboxylic acids is 2. The molecular formula is C42H44F2N8O5. The van der Waals surface area contributed by atoms with Crippen LogP contribution in [0.3, 0.4) is 0 Å². The molecule has 0 unspecified atom stereocenters. The predicted molar refractivity (Wildman–Crippen MR) is 211 cm³/mol. The Labute approximate surface area is 326 Å². The molecule has 13 nitrogen and oxygen atoms in total. The van der Waals surface area contributed by atoms with Gasteiger partial charge in [0.15, 0.2) is 5.65 Å². The van der Waals surface area contributed by atoms with Crippen LogP contribution in [0.2, 0.25) is 0 Å². The van der Waals surface area contributed by atoms with Crippen LogP contribution in [0.15, 0.2) is 94.9 Å². The summed E-state index contributed by atoms with van der Waals surface area (Å²) in [5.41, 5.74) is 2.08. The van der Waals surface area contributed by atoms with Crippen LogP contribution in [-0.2, 0) is 11.3 Å². The third kappa shape index (κ3) is 8.78. The van der Waals surface area contributed by atoms with E-state index in [4.69, 9.17) is 4.74 Å². The van der Waals surface area contributed by atoms with Gasteiger partial charge in [0.25, 0.3) is 11.5 Å². The van der Waals surface area contributed by atoms with Gasteiger partial charge in [-0.3, -0.25) is 14.2 Å². The SMILES string of the molecule is CN(CCNCc1ccc(-c2cccc(-n3c(=O)n([C@H]4CC[C@@H](NC(=O)c5cn6cc(F)ccc6n5)CC4)c(=O)c4cc(F)cnc43)c2)cc1)C(=O)OC(C)(C)C. The van der Waals surface area contributed by atoms with Crippen LogP contribution < -0.4 is 21.9 Å². The van der Waals surface area contributed by atoms with Crippen LogP contribution in [0, 0.1) is 11.6 Å². The molecule has 2 amide bonds. The van der Waals surface area contributed by atoms with E-state index in [0.29, 0.717) is 56.7 Å². The highest BCUT2D eigenvalue weighted by atomic mass is 19.1. The van der Waals surface area contributed by atoms with E-state index in [1.165, 1.54) is 43.0 Å². The third-order valence-corrected chi connectivity index (χ3v) is 9.99. The van der Waals surface area contributed by atoms with E-state index >= 15 is 0 Å². The third-order valence-electron chi connectivity index (χ3n) is 9.99. The Bertz CT molecular complexity index is 2570. The monoisotopic (exact) mass is 778 g/mol. The second kappa shape index (κ2) is 16.1. The number of nitrogens with zero attached hydrogens (tertiary/aromatic N) is 6. The molecule has 296 valence electrons. The molecule has 7 rings (SSSR count). The number of benzene rings is 2. The molecule has 1 fully saturated rings. The Morgan fingerprint density at radius 3 is 2.42 bits per heavy atom. The molecule has 0 saturated heterocycles. The first-order valence-electron chi connectivity index (χ1n) is 18.9. The van der Waals surface area contributed by atoms with Crippen molar-refractivity contribution in [3.05, 3.63) is 129 Å². The number of likely N-dealkylation sites (N-methyl/N-ethyl adjacent to an activating group) is 1. The lowest BCUT2D eigenvalue weighted by molar-refractivity contribution is 0.0300. The topological polar surface area (TPSA) is 145 Å². The fourth-order valence-corrected chi connectivity index (χ4v) is 7.10. The largest absolute Gasteiger partial charge is 0.444 e. The average Bonchev–Trinajstić information content (AvgIpc) is 3.61. The van der Waals surface area contributed by atoms with E-state index in [9.17, 15) is 28.0 Å². The van der Waals surface area contributed by atoms with Gasteiger partial charge in [0.1, 0.15) is 28.6 Å². The Kier molecular flexibility index (Phi) is 11.0. The molecule has 15 heteroatoms. The van der Waals surface area contributed by atoms with Gasteiger partial charge >= 0.3 is 11.8 Å². The molecule has 0 radical (unpaired) electrons. The van der Waals surface area contributed by atoms with E-state index in [-0.39, 0.29) is 28.9 Å². The minimum absolute atomic E-state index is 0.0205. The van der Waals surface area contributed by atoms with Crippen LogP contribution in [0.1, 0.15) is 68.5 Å². The van der Waals surface area contributed by atoms with Crippen molar-refractivity contribution in [2.75, 3.05) is 20.1 Å². The maximum atomic E-state index is 14.6. The summed E-state index contributed by atoms with van der Waals surface area (Å²) in [7, 11) is 1.70. The number of aromatic nitrogens is 5. The summed E-state index contributed by atoms with van der Waals surface area (Å²) in [6.07, 6.45) is 5.10. The quantitative estimate of drug-likeness (QED) is 0.161. The van der Waals surface area contributed by atoms with Gasteiger partial charge in [-0.2, -0.15) is 0 Å². The average molecular weight is 779 g/mol. The molecular weight excluding hydrogens is 735 g/mol. The first-order valence-corrected chi connectivity index (χ1v) is 18.9. The number of halogens is 2. The van der Waals surface area contributed by atoms with Crippen LogP contribution in [-0.4, -0.2) is 72.2 Å². The first-order chi connectivity index (χ1) is 27.2. The molecule has 6 aromatic rings. The maximum Gasteiger partial charge on any atom is 0.410 e. The zero-order valence-electron chi connectivity index (χ0n) is 32.2. The van der Waals surface area contributed by atoms with Crippen LogP contribution in [0.5, 0.6) is 0 Å². The number of rotatable bonds is 10. The van der Waals surface area contributed by atoms with E-state index in [1.807, 2.05) is 63.2 Å². The van der Waals surface area contributed by atoms with Crippen molar-refractivity contribution >= 4 is 28.7 Å². The summed E-state index contributed by atoms with van der Waals surface area (Å²) in [6, 6.07) is 18.4. The number of amides is 2. The predicted octanol–water partition coefficient (Wildman–Crippen LogP) is 6.01. The van der Waals surface area contributed by atoms with Crippen molar-refractivity contribution in [2.45, 2.75) is 70.7 Å². The van der Waals surface area contributed by atoms with Gasteiger partial charge in [-0.1, -0.05) is 36.4 Å². The summed E-state index contributed by atoms with van der Waals surface area (Å²) >= 11 is 0. The lowest BCUT2D eigenvalue weighted by Gasteiger charge is -2.30. The number of carbonyl (C=O) groups is 2. The summed E-state index contributed by atoms with van der Waals surface area (Å²) in [6.45, 7) is 7.14. The number of imidazole rings is 1. The van der Waals surface area contributed by atoms with Crippen molar-refractivity contribution in [3.63, 3.8) is 0 Å². The highest BCUT2D eigenvalue weighted by Crippen LogP contribution is 2.29. The van der Waals surface area contributed by atoms with E-state index in [1.54, 1.807) is 13.1 Å². The van der Waals surface area contributed by atoms with Crippen LogP contribution >= 0.6 is 0 Å². The normalized spacial score (nSPS) is 15.8. The maximum absolute atomic E-state index is 14.6. The minimum Gasteiger partial charge on any atom is -0.444 e. The number of pyridine rings is 2. The van der Waals surface area contributed by atoms with Gasteiger partial charge in [0.2, 0.25) is 0 Å². The van der Waals surface area contributed by atoms with Crippen molar-refractivity contribution in [1.29, 1.82) is 0 Å². The number of fused-ring (bicyclic) bond motifs is 2. The fraction of sp³-hybridized carbons (Fsp3) is 0.333. The van der Waals surface area contributed by atoms with E-state index < -0.39 is 40.4 Å². The molecule has 1 aliphatic carbocycles. The van der Waals surface area contributed by atoms with Crippen molar-refractivity contribution in [1.82, 2.24) is 39.0 Å². The number of ether oxygens (including phenoxy) is 1. The molecule has 4 aromatic heterocycles. The molecule has 57 heavy (non-hydrogen) atoms. The molecule has 2 N–H and O–H groups in total. The molecule has 4 heterocycles. The molecule has 0 atom stereocenters. The van der Waals surface area contributed by atoms with Gasteiger partial charge in [-0.15, -0.1) is 0 Å². The zero-order chi connectivity index (χ0) is 40.4. The van der Waals surface area contributed by atoms with Crippen LogP contribution in [0.4, 0.5) is 13.6 Å². The Hall–Kier alpha value is -6.22. The van der Waals surface area contributed by atoms with Gasteiger partial charge < -0.3 is 24.7 Å². The second-order valence-corrected chi connectivity index (χ2v) is 15.4. The van der Waals surface area contributed by atoms with Gasteiger partial charge in [-0.25, -0.2) is 32.9 Å². The summed E-state index contributed by atoms with van der Waals surface area (Å²) in [5.74, 6) is -1.55. The van der Waals surface area contributed by atoms with Crippen molar-refractivity contribution in [3.8, 4) is 16.8 Å². The molecule has 0 bridgehead atoms. The fourth-order valence-electron chi connectivity index (χ4n) is 7.10.